The van der Waals surface area contributed by atoms with E-state index in [0.717, 1.165) is 4.68 Å². The van der Waals surface area contributed by atoms with Crippen molar-refractivity contribution < 1.29 is 0 Å². The van der Waals surface area contributed by atoms with E-state index in [1.165, 1.54) is 10.9 Å². The lowest BCUT2D eigenvalue weighted by Gasteiger charge is -2.00. The lowest BCUT2D eigenvalue weighted by Crippen LogP contribution is -2.24. The van der Waals surface area contributed by atoms with E-state index in [1.807, 2.05) is 0 Å². The number of nitrogens with zero attached hydrogens (tertiary/aromatic N) is 6. The molecule has 7 nitrogen and oxygen atoms in total. The Bertz CT molecular complexity index is 622. The first kappa shape index (κ1) is 11.6. The number of halogens is 1. The highest BCUT2D eigenvalue weighted by atomic mass is 35.5. The highest BCUT2D eigenvalue weighted by Gasteiger charge is 2.14. The van der Waals surface area contributed by atoms with E-state index in [-0.39, 0.29) is 12.2 Å². The second-order valence-electron chi connectivity index (χ2n) is 3.52. The van der Waals surface area contributed by atoms with Crippen LogP contribution in [-0.2, 0) is 13.6 Å². The molecule has 0 aromatic carbocycles. The maximum absolute atomic E-state index is 11.7. The van der Waals surface area contributed by atoms with Gasteiger partial charge in [-0.05, 0) is 17.4 Å². The van der Waals surface area contributed by atoms with Gasteiger partial charge in [0.05, 0.1) is 23.0 Å². The summed E-state index contributed by atoms with van der Waals surface area (Å²) in [7, 11) is 1.76. The Hall–Kier alpha value is -1.89. The average molecular weight is 255 g/mol. The summed E-state index contributed by atoms with van der Waals surface area (Å²) in [5.41, 5.74) is 1.06. The fourth-order valence-electron chi connectivity index (χ4n) is 1.49. The van der Waals surface area contributed by atoms with Crippen molar-refractivity contribution in [1.29, 1.82) is 0 Å². The monoisotopic (exact) mass is 254 g/mol. The molecule has 90 valence electrons. The summed E-state index contributed by atoms with van der Waals surface area (Å²) in [5, 5.41) is 12.0. The van der Waals surface area contributed by atoms with Crippen molar-refractivity contribution in [2.24, 2.45) is 7.05 Å². The molecule has 2 heterocycles. The number of aromatic nitrogens is 6. The van der Waals surface area contributed by atoms with Gasteiger partial charge in [0, 0.05) is 13.2 Å². The first-order valence-electron chi connectivity index (χ1n) is 4.87. The molecule has 2 rings (SSSR count). The molecule has 17 heavy (non-hydrogen) atoms. The van der Waals surface area contributed by atoms with Gasteiger partial charge in [0.15, 0.2) is 0 Å². The van der Waals surface area contributed by atoms with Crippen LogP contribution < -0.4 is 5.69 Å². The average Bonchev–Trinajstić information content (AvgIpc) is 2.75. The van der Waals surface area contributed by atoms with Crippen LogP contribution in [0.5, 0.6) is 0 Å². The van der Waals surface area contributed by atoms with Gasteiger partial charge in [-0.1, -0.05) is 18.2 Å². The number of aryl methyl sites for hydroxylation is 2. The van der Waals surface area contributed by atoms with Crippen molar-refractivity contribution >= 4 is 17.8 Å². The normalized spacial score (nSPS) is 10.8. The lowest BCUT2D eigenvalue weighted by atomic mass is 10.3. The van der Waals surface area contributed by atoms with Crippen LogP contribution in [-0.4, -0.2) is 29.6 Å². The third-order valence-corrected chi connectivity index (χ3v) is 2.89. The number of rotatable bonds is 3. The van der Waals surface area contributed by atoms with Gasteiger partial charge in [0.1, 0.15) is 0 Å². The van der Waals surface area contributed by atoms with Crippen molar-refractivity contribution in [3.63, 3.8) is 0 Å². The van der Waals surface area contributed by atoms with Gasteiger partial charge < -0.3 is 0 Å². The number of hydrogen-bond acceptors (Lipinski definition) is 4. The molecule has 8 heteroatoms. The summed E-state index contributed by atoms with van der Waals surface area (Å²) in [5.74, 6) is 0. The van der Waals surface area contributed by atoms with E-state index in [9.17, 15) is 4.79 Å². The van der Waals surface area contributed by atoms with Gasteiger partial charge >= 0.3 is 5.69 Å². The second kappa shape index (κ2) is 4.17. The standard InChI is InChI=1S/C9H11ClN6O/c1-4-15-9(17)16(13-12-15)5-7-8(10)6(2)11-14(7)3/h4H,1,5H2,2-3H3. The molecule has 0 bridgehead atoms. The maximum atomic E-state index is 11.7. The minimum absolute atomic E-state index is 0.225. The Labute approximate surface area is 102 Å². The van der Waals surface area contributed by atoms with Crippen molar-refractivity contribution in [2.45, 2.75) is 13.5 Å². The predicted molar refractivity (Wildman–Crippen MR) is 62.7 cm³/mol. The van der Waals surface area contributed by atoms with Crippen LogP contribution in [0.15, 0.2) is 11.4 Å². The maximum Gasteiger partial charge on any atom is 0.368 e. The predicted octanol–water partition coefficient (Wildman–Crippen LogP) is 0.284. The molecule has 0 radical (unpaired) electrons. The molecule has 0 saturated carbocycles. The summed E-state index contributed by atoms with van der Waals surface area (Å²) in [4.78, 5) is 11.7. The van der Waals surface area contributed by atoms with Gasteiger partial charge in [-0.2, -0.15) is 14.5 Å². The summed E-state index contributed by atoms with van der Waals surface area (Å²) < 4.78 is 3.87. The Balaban J connectivity index is 2.41. The first-order chi connectivity index (χ1) is 8.04. The van der Waals surface area contributed by atoms with E-state index in [0.29, 0.717) is 16.4 Å². The Morgan fingerprint density at radius 1 is 1.47 bits per heavy atom. The molecule has 0 spiro atoms. The molecule has 0 fully saturated rings. The second-order valence-corrected chi connectivity index (χ2v) is 3.89. The van der Waals surface area contributed by atoms with Crippen LogP contribution >= 0.6 is 11.6 Å². The summed E-state index contributed by atoms with van der Waals surface area (Å²) in [6.45, 7) is 5.48. The van der Waals surface area contributed by atoms with E-state index in [2.05, 4.69) is 22.1 Å². The van der Waals surface area contributed by atoms with E-state index < -0.39 is 0 Å². The zero-order chi connectivity index (χ0) is 12.6. The topological polar surface area (TPSA) is 70.5 Å². The molecule has 0 aliphatic heterocycles. The van der Waals surface area contributed by atoms with Gasteiger partial charge in [-0.25, -0.2) is 4.79 Å². The highest BCUT2D eigenvalue weighted by Crippen LogP contribution is 2.19. The number of hydrogen-bond donors (Lipinski definition) is 0. The van der Waals surface area contributed by atoms with Crippen molar-refractivity contribution in [2.75, 3.05) is 0 Å². The van der Waals surface area contributed by atoms with E-state index >= 15 is 0 Å². The molecule has 0 atom stereocenters. The van der Waals surface area contributed by atoms with Crippen LogP contribution in [0.25, 0.3) is 6.20 Å². The van der Waals surface area contributed by atoms with Gasteiger partial charge in [0.2, 0.25) is 0 Å². The third kappa shape index (κ3) is 1.89. The first-order valence-corrected chi connectivity index (χ1v) is 5.25. The van der Waals surface area contributed by atoms with Crippen LogP contribution in [0.4, 0.5) is 0 Å². The van der Waals surface area contributed by atoms with Gasteiger partial charge in [-0.3, -0.25) is 4.68 Å². The van der Waals surface area contributed by atoms with Crippen molar-refractivity contribution in [1.82, 2.24) is 29.6 Å². The Kier molecular flexibility index (Phi) is 2.84. The van der Waals surface area contributed by atoms with Crippen LogP contribution in [0, 0.1) is 6.92 Å². The Morgan fingerprint density at radius 2 is 2.18 bits per heavy atom. The van der Waals surface area contributed by atoms with Crippen LogP contribution in [0.2, 0.25) is 5.02 Å². The molecular weight excluding hydrogens is 244 g/mol. The van der Waals surface area contributed by atoms with Gasteiger partial charge in [-0.15, -0.1) is 0 Å². The molecule has 0 unspecified atom stereocenters. The molecular formula is C9H11ClN6O. The molecule has 0 amide bonds. The summed E-state index contributed by atoms with van der Waals surface area (Å²) >= 11 is 6.08. The fourth-order valence-corrected chi connectivity index (χ4v) is 1.71. The fraction of sp³-hybridized carbons (Fsp3) is 0.333. The van der Waals surface area contributed by atoms with Crippen LogP contribution in [0.3, 0.4) is 0 Å². The molecule has 0 aliphatic rings. The Morgan fingerprint density at radius 3 is 2.65 bits per heavy atom. The largest absolute Gasteiger partial charge is 0.368 e. The van der Waals surface area contributed by atoms with Crippen LogP contribution in [0.1, 0.15) is 11.4 Å². The zero-order valence-electron chi connectivity index (χ0n) is 9.46. The SMILES string of the molecule is C=Cn1nnn(Cc2c(Cl)c(C)nn2C)c1=O. The molecule has 0 N–H and O–H groups in total. The summed E-state index contributed by atoms with van der Waals surface area (Å²) in [6, 6.07) is 0. The lowest BCUT2D eigenvalue weighted by molar-refractivity contribution is 0.587. The summed E-state index contributed by atoms with van der Waals surface area (Å²) in [6.07, 6.45) is 1.29. The number of tetrazole rings is 1. The zero-order valence-corrected chi connectivity index (χ0v) is 10.2. The molecule has 2 aromatic rings. The highest BCUT2D eigenvalue weighted by molar-refractivity contribution is 6.31. The molecule has 0 saturated heterocycles. The molecule has 2 aromatic heterocycles. The van der Waals surface area contributed by atoms with E-state index in [1.54, 1.807) is 18.7 Å². The minimum Gasteiger partial charge on any atom is -0.269 e. The van der Waals surface area contributed by atoms with Crippen molar-refractivity contribution in [3.8, 4) is 0 Å². The minimum atomic E-state index is -0.366. The quantitative estimate of drug-likeness (QED) is 0.789. The van der Waals surface area contributed by atoms with E-state index in [4.69, 9.17) is 11.6 Å². The van der Waals surface area contributed by atoms with Gasteiger partial charge in [0.25, 0.3) is 0 Å². The molecule has 0 aliphatic carbocycles. The smallest absolute Gasteiger partial charge is 0.269 e. The van der Waals surface area contributed by atoms with Crippen molar-refractivity contribution in [3.05, 3.63) is 33.5 Å². The third-order valence-electron chi connectivity index (χ3n) is 2.40.